The molecule has 184 valence electrons. The van der Waals surface area contributed by atoms with Gasteiger partial charge in [-0.2, -0.15) is 0 Å². The van der Waals surface area contributed by atoms with Gasteiger partial charge in [0.15, 0.2) is 0 Å². The minimum atomic E-state index is -0.519. The number of hydrogen-bond donors (Lipinski definition) is 1. The van der Waals surface area contributed by atoms with Crippen LogP contribution in [0.1, 0.15) is 15.2 Å². The standard InChI is InChI=1S/C24H23N7O4S/c1-15-20-22(30-11-9-29(10-12-30)19-5-3-4-8-25-19)26-14-27-24(20)36-21(15)23(32)28-17-13-16(31(33)34)6-7-18(17)35-2/h3-8,13-14H,9-12H2,1-2H3,(H,28,32). The number of nitro benzene ring substituents is 1. The monoisotopic (exact) mass is 505 g/mol. The van der Waals surface area contributed by atoms with Gasteiger partial charge in [-0.15, -0.1) is 11.3 Å². The van der Waals surface area contributed by atoms with Gasteiger partial charge in [-0.1, -0.05) is 6.07 Å². The summed E-state index contributed by atoms with van der Waals surface area (Å²) in [5, 5.41) is 14.8. The van der Waals surface area contributed by atoms with Gasteiger partial charge in [0.1, 0.15) is 28.5 Å². The summed E-state index contributed by atoms with van der Waals surface area (Å²) in [5.41, 5.74) is 0.849. The Kier molecular flexibility index (Phi) is 6.34. The summed E-state index contributed by atoms with van der Waals surface area (Å²) < 4.78 is 5.27. The molecule has 1 aliphatic heterocycles. The van der Waals surface area contributed by atoms with Crippen LogP contribution < -0.4 is 19.9 Å². The number of nitro groups is 1. The summed E-state index contributed by atoms with van der Waals surface area (Å²) in [5.74, 6) is 1.69. The van der Waals surface area contributed by atoms with E-state index >= 15 is 0 Å². The first-order valence-corrected chi connectivity index (χ1v) is 12.1. The molecule has 0 atom stereocenters. The molecule has 0 saturated carbocycles. The number of methoxy groups -OCH3 is 1. The number of thiophene rings is 1. The number of benzene rings is 1. The number of aryl methyl sites for hydroxylation is 1. The first-order chi connectivity index (χ1) is 17.5. The fourth-order valence-electron chi connectivity index (χ4n) is 4.28. The Balaban J connectivity index is 1.41. The lowest BCUT2D eigenvalue weighted by Gasteiger charge is -2.36. The molecule has 1 amide bonds. The number of carbonyl (C=O) groups is 1. The van der Waals surface area contributed by atoms with Gasteiger partial charge >= 0.3 is 0 Å². The summed E-state index contributed by atoms with van der Waals surface area (Å²) in [4.78, 5) is 42.9. The summed E-state index contributed by atoms with van der Waals surface area (Å²) >= 11 is 1.27. The van der Waals surface area contributed by atoms with Gasteiger partial charge in [0.05, 0.1) is 28.0 Å². The second-order valence-corrected chi connectivity index (χ2v) is 9.19. The van der Waals surface area contributed by atoms with Crippen LogP contribution in [0.3, 0.4) is 0 Å². The number of pyridine rings is 1. The lowest BCUT2D eigenvalue weighted by atomic mass is 10.1. The van der Waals surface area contributed by atoms with Gasteiger partial charge in [0.25, 0.3) is 11.6 Å². The lowest BCUT2D eigenvalue weighted by molar-refractivity contribution is -0.384. The average molecular weight is 506 g/mol. The molecule has 36 heavy (non-hydrogen) atoms. The maximum absolute atomic E-state index is 13.2. The lowest BCUT2D eigenvalue weighted by Crippen LogP contribution is -2.47. The largest absolute Gasteiger partial charge is 0.495 e. The molecule has 0 spiro atoms. The van der Waals surface area contributed by atoms with Gasteiger partial charge in [-0.05, 0) is 30.7 Å². The number of carbonyl (C=O) groups excluding carboxylic acids is 1. The third-order valence-electron chi connectivity index (χ3n) is 6.11. The van der Waals surface area contributed by atoms with E-state index in [0.29, 0.717) is 15.5 Å². The Morgan fingerprint density at radius 2 is 1.89 bits per heavy atom. The van der Waals surface area contributed by atoms with Crippen LogP contribution in [0.25, 0.3) is 10.2 Å². The summed E-state index contributed by atoms with van der Waals surface area (Å²) in [6.07, 6.45) is 3.31. The first kappa shape index (κ1) is 23.4. The quantitative estimate of drug-likeness (QED) is 0.307. The number of hydrogen-bond acceptors (Lipinski definition) is 10. The molecule has 0 unspecified atom stereocenters. The van der Waals surface area contributed by atoms with Crippen LogP contribution in [0, 0.1) is 17.0 Å². The molecule has 1 saturated heterocycles. The molecule has 3 aromatic heterocycles. The first-order valence-electron chi connectivity index (χ1n) is 11.2. The number of ether oxygens (including phenoxy) is 1. The number of anilines is 3. The smallest absolute Gasteiger partial charge is 0.271 e. The number of rotatable bonds is 6. The molecular weight excluding hydrogens is 482 g/mol. The number of non-ortho nitro benzene ring substituents is 1. The normalized spacial score (nSPS) is 13.6. The predicted octanol–water partition coefficient (Wildman–Crippen LogP) is 3.89. The van der Waals surface area contributed by atoms with Crippen LogP contribution in [0.15, 0.2) is 48.9 Å². The van der Waals surface area contributed by atoms with Crippen molar-refractivity contribution in [2.24, 2.45) is 0 Å². The topological polar surface area (TPSA) is 127 Å². The molecule has 1 aliphatic rings. The van der Waals surface area contributed by atoms with E-state index in [0.717, 1.165) is 48.8 Å². The highest BCUT2D eigenvalue weighted by atomic mass is 32.1. The van der Waals surface area contributed by atoms with Crippen molar-refractivity contribution >= 4 is 50.5 Å². The number of amides is 1. The average Bonchev–Trinajstić information content (AvgIpc) is 3.26. The van der Waals surface area contributed by atoms with Crippen LogP contribution in [0.5, 0.6) is 5.75 Å². The fourth-order valence-corrected chi connectivity index (χ4v) is 5.32. The van der Waals surface area contributed by atoms with Crippen LogP contribution in [-0.4, -0.2) is 59.1 Å². The molecule has 1 fully saturated rings. The highest BCUT2D eigenvalue weighted by Crippen LogP contribution is 2.37. The van der Waals surface area contributed by atoms with Crippen molar-refractivity contribution in [3.05, 3.63) is 69.5 Å². The molecule has 12 heteroatoms. The van der Waals surface area contributed by atoms with E-state index in [9.17, 15) is 14.9 Å². The van der Waals surface area contributed by atoms with E-state index < -0.39 is 4.92 Å². The molecule has 1 N–H and O–H groups in total. The van der Waals surface area contributed by atoms with Crippen molar-refractivity contribution < 1.29 is 14.5 Å². The van der Waals surface area contributed by atoms with Crippen molar-refractivity contribution in [3.8, 4) is 5.75 Å². The summed E-state index contributed by atoms with van der Waals surface area (Å²) in [6.45, 7) is 4.97. The Morgan fingerprint density at radius 3 is 2.58 bits per heavy atom. The summed E-state index contributed by atoms with van der Waals surface area (Å²) in [7, 11) is 1.44. The van der Waals surface area contributed by atoms with E-state index in [1.54, 1.807) is 6.20 Å². The third-order valence-corrected chi connectivity index (χ3v) is 7.31. The molecule has 0 aliphatic carbocycles. The Morgan fingerprint density at radius 1 is 1.11 bits per heavy atom. The van der Waals surface area contributed by atoms with E-state index in [1.165, 1.54) is 43.0 Å². The van der Waals surface area contributed by atoms with E-state index in [2.05, 4.69) is 30.1 Å². The fraction of sp³-hybridized carbons (Fsp3) is 0.250. The van der Waals surface area contributed by atoms with E-state index in [1.807, 2.05) is 25.1 Å². The highest BCUT2D eigenvalue weighted by Gasteiger charge is 2.25. The van der Waals surface area contributed by atoms with E-state index in [-0.39, 0.29) is 17.3 Å². The van der Waals surface area contributed by atoms with Gasteiger partial charge in [0.2, 0.25) is 0 Å². The molecule has 1 aromatic carbocycles. The predicted molar refractivity (Wildman–Crippen MR) is 138 cm³/mol. The maximum Gasteiger partial charge on any atom is 0.271 e. The Hall–Kier alpha value is -4.32. The molecule has 0 bridgehead atoms. The number of piperazine rings is 1. The van der Waals surface area contributed by atoms with Crippen LogP contribution in [0.4, 0.5) is 23.0 Å². The number of nitrogens with zero attached hydrogens (tertiary/aromatic N) is 6. The van der Waals surface area contributed by atoms with Crippen LogP contribution in [0.2, 0.25) is 0 Å². The van der Waals surface area contributed by atoms with Crippen molar-refractivity contribution in [1.29, 1.82) is 0 Å². The van der Waals surface area contributed by atoms with Crippen molar-refractivity contribution in [3.63, 3.8) is 0 Å². The number of fused-ring (bicyclic) bond motifs is 1. The summed E-state index contributed by atoms with van der Waals surface area (Å²) in [6, 6.07) is 9.95. The molecule has 11 nitrogen and oxygen atoms in total. The second-order valence-electron chi connectivity index (χ2n) is 8.19. The zero-order chi connectivity index (χ0) is 25.2. The zero-order valence-electron chi connectivity index (χ0n) is 19.7. The van der Waals surface area contributed by atoms with Gasteiger partial charge in [0, 0.05) is 44.5 Å². The van der Waals surface area contributed by atoms with Gasteiger partial charge in [-0.25, -0.2) is 15.0 Å². The van der Waals surface area contributed by atoms with Gasteiger partial charge in [-0.3, -0.25) is 14.9 Å². The minimum absolute atomic E-state index is 0.142. The molecule has 4 aromatic rings. The number of aromatic nitrogens is 3. The number of nitrogens with one attached hydrogen (secondary N) is 1. The minimum Gasteiger partial charge on any atom is -0.495 e. The van der Waals surface area contributed by atoms with Crippen molar-refractivity contribution in [2.75, 3.05) is 48.4 Å². The SMILES string of the molecule is COc1ccc([N+](=O)[O-])cc1NC(=O)c1sc2ncnc(N3CCN(c4ccccn4)CC3)c2c1C. The second kappa shape index (κ2) is 9.74. The molecule has 5 rings (SSSR count). The molecular formula is C24H23N7O4S. The van der Waals surface area contributed by atoms with Gasteiger partial charge < -0.3 is 19.9 Å². The molecule has 4 heterocycles. The van der Waals surface area contributed by atoms with Crippen molar-refractivity contribution in [2.45, 2.75) is 6.92 Å². The maximum atomic E-state index is 13.2. The zero-order valence-corrected chi connectivity index (χ0v) is 20.5. The third kappa shape index (κ3) is 4.38. The van der Waals surface area contributed by atoms with Crippen molar-refractivity contribution in [1.82, 2.24) is 15.0 Å². The van der Waals surface area contributed by atoms with Crippen LogP contribution >= 0.6 is 11.3 Å². The Bertz CT molecular complexity index is 1440. The Labute approximate surface area is 210 Å². The van der Waals surface area contributed by atoms with E-state index in [4.69, 9.17) is 4.74 Å². The molecule has 0 radical (unpaired) electrons. The van der Waals surface area contributed by atoms with Crippen LogP contribution in [-0.2, 0) is 0 Å². The highest BCUT2D eigenvalue weighted by molar-refractivity contribution is 7.20.